The van der Waals surface area contributed by atoms with Crippen molar-refractivity contribution in [2.45, 2.75) is 110 Å². The fourth-order valence-electron chi connectivity index (χ4n) is 9.92. The fraction of sp³-hybridized carbons (Fsp3) is 0.900. The predicted octanol–water partition coefficient (Wildman–Crippen LogP) is 6.68. The molecule has 0 bridgehead atoms. The minimum absolute atomic E-state index is 0.283. The third-order valence-electron chi connectivity index (χ3n) is 11.7. The van der Waals surface area contributed by atoms with Crippen LogP contribution in [-0.4, -0.2) is 34.7 Å². The van der Waals surface area contributed by atoms with Gasteiger partial charge in [-0.1, -0.05) is 34.1 Å². The molecule has 9 atom stereocenters. The molecule has 4 fully saturated rings. The van der Waals surface area contributed by atoms with Crippen LogP contribution in [0.1, 0.15) is 103 Å². The second kappa shape index (κ2) is 9.54. The standard InChI is InChI=1S/C30H50N2O2/c1-6-30-14-12-23-24(26(30)8-7-21(15-30)19-34-5)11-13-29(4)25(23)9-10-27(29)28(33)18-32-17-22(16-31-32)20(2)3/h16-17,20-21,23-28,33H,6-15,18-19H2,1-5H3. The second-order valence-corrected chi connectivity index (χ2v) is 13.3. The highest BCUT2D eigenvalue weighted by molar-refractivity contribution is 5.11. The number of fused-ring (bicyclic) bond motifs is 5. The van der Waals surface area contributed by atoms with Gasteiger partial charge in [0.05, 0.1) is 18.8 Å². The lowest BCUT2D eigenvalue weighted by Crippen LogP contribution is -2.53. The normalized spacial score (nSPS) is 42.8. The van der Waals surface area contributed by atoms with Gasteiger partial charge >= 0.3 is 0 Å². The zero-order valence-electron chi connectivity index (χ0n) is 22.5. The van der Waals surface area contributed by atoms with Gasteiger partial charge in [-0.3, -0.25) is 4.68 Å². The van der Waals surface area contributed by atoms with Crippen LogP contribution in [0.4, 0.5) is 0 Å². The Morgan fingerprint density at radius 2 is 1.82 bits per heavy atom. The van der Waals surface area contributed by atoms with Crippen molar-refractivity contribution in [3.63, 3.8) is 0 Å². The molecular weight excluding hydrogens is 420 g/mol. The number of aromatic nitrogens is 2. The number of rotatable bonds is 7. The summed E-state index contributed by atoms with van der Waals surface area (Å²) in [5, 5.41) is 16.0. The Morgan fingerprint density at radius 1 is 1.09 bits per heavy atom. The third-order valence-corrected chi connectivity index (χ3v) is 11.7. The highest BCUT2D eigenvalue weighted by atomic mass is 16.5. The molecule has 4 heteroatoms. The molecule has 34 heavy (non-hydrogen) atoms. The summed E-state index contributed by atoms with van der Waals surface area (Å²) in [6.45, 7) is 11.0. The van der Waals surface area contributed by atoms with E-state index in [9.17, 15) is 5.11 Å². The molecular formula is C30H50N2O2. The first kappa shape index (κ1) is 24.8. The molecule has 4 aliphatic rings. The van der Waals surface area contributed by atoms with Gasteiger partial charge in [-0.05, 0) is 116 Å². The molecule has 0 saturated heterocycles. The van der Waals surface area contributed by atoms with E-state index in [1.54, 1.807) is 0 Å². The maximum absolute atomic E-state index is 11.4. The largest absolute Gasteiger partial charge is 0.391 e. The quantitative estimate of drug-likeness (QED) is 0.483. The van der Waals surface area contributed by atoms with Crippen molar-refractivity contribution >= 4 is 0 Å². The number of hydrogen-bond acceptors (Lipinski definition) is 3. The van der Waals surface area contributed by atoms with Gasteiger partial charge < -0.3 is 9.84 Å². The Hall–Kier alpha value is -0.870. The number of ether oxygens (including phenoxy) is 1. The first-order valence-corrected chi connectivity index (χ1v) is 14.5. The lowest BCUT2D eigenvalue weighted by atomic mass is 9.44. The van der Waals surface area contributed by atoms with E-state index in [1.807, 2.05) is 18.0 Å². The van der Waals surface area contributed by atoms with Crippen LogP contribution in [0, 0.1) is 46.3 Å². The van der Waals surface area contributed by atoms with E-state index in [0.29, 0.717) is 29.2 Å². The summed E-state index contributed by atoms with van der Waals surface area (Å²) in [4.78, 5) is 0. The zero-order chi connectivity index (χ0) is 24.1. The molecule has 0 amide bonds. The number of methoxy groups -OCH3 is 1. The SMILES string of the molecule is CCC12CCC3C(CCC4(C)C(C(O)Cn5cc(C(C)C)cn5)CCC34)C1CCC(COC)C2. The van der Waals surface area contributed by atoms with Crippen molar-refractivity contribution < 1.29 is 9.84 Å². The van der Waals surface area contributed by atoms with Gasteiger partial charge in [0, 0.05) is 19.9 Å². The summed E-state index contributed by atoms with van der Waals surface area (Å²) < 4.78 is 7.58. The molecule has 0 spiro atoms. The van der Waals surface area contributed by atoms with Crippen LogP contribution in [0.25, 0.3) is 0 Å². The van der Waals surface area contributed by atoms with Crippen molar-refractivity contribution in [1.82, 2.24) is 9.78 Å². The molecule has 192 valence electrons. The molecule has 0 aromatic carbocycles. The highest BCUT2D eigenvalue weighted by Crippen LogP contribution is 2.67. The Labute approximate surface area is 208 Å². The van der Waals surface area contributed by atoms with Crippen LogP contribution in [0.15, 0.2) is 12.4 Å². The molecule has 0 aliphatic heterocycles. The number of hydrogen-bond donors (Lipinski definition) is 1. The van der Waals surface area contributed by atoms with E-state index in [0.717, 1.165) is 36.2 Å². The molecule has 1 N–H and O–H groups in total. The van der Waals surface area contributed by atoms with E-state index in [2.05, 4.69) is 39.0 Å². The Balaban J connectivity index is 1.29. The monoisotopic (exact) mass is 470 g/mol. The van der Waals surface area contributed by atoms with Crippen LogP contribution >= 0.6 is 0 Å². The number of aliphatic hydroxyl groups excluding tert-OH is 1. The highest BCUT2D eigenvalue weighted by Gasteiger charge is 2.60. The van der Waals surface area contributed by atoms with E-state index in [4.69, 9.17) is 4.74 Å². The summed E-state index contributed by atoms with van der Waals surface area (Å²) in [6, 6.07) is 0. The summed E-state index contributed by atoms with van der Waals surface area (Å²) >= 11 is 0. The Morgan fingerprint density at radius 3 is 2.53 bits per heavy atom. The molecule has 1 heterocycles. The van der Waals surface area contributed by atoms with Crippen LogP contribution in [0.2, 0.25) is 0 Å². The van der Waals surface area contributed by atoms with Crippen molar-refractivity contribution in [3.05, 3.63) is 18.0 Å². The molecule has 1 aromatic heterocycles. The van der Waals surface area contributed by atoms with Crippen LogP contribution in [0.3, 0.4) is 0 Å². The van der Waals surface area contributed by atoms with Crippen LogP contribution in [0.5, 0.6) is 0 Å². The van der Waals surface area contributed by atoms with Gasteiger partial charge in [0.2, 0.25) is 0 Å². The maximum Gasteiger partial charge on any atom is 0.0769 e. The summed E-state index contributed by atoms with van der Waals surface area (Å²) in [5.74, 6) is 5.22. The zero-order valence-corrected chi connectivity index (χ0v) is 22.5. The first-order valence-electron chi connectivity index (χ1n) is 14.5. The number of aliphatic hydroxyl groups is 1. The molecule has 9 unspecified atom stereocenters. The van der Waals surface area contributed by atoms with Gasteiger partial charge in [0.1, 0.15) is 0 Å². The molecule has 4 aliphatic carbocycles. The molecule has 5 rings (SSSR count). The van der Waals surface area contributed by atoms with Gasteiger partial charge in [0.25, 0.3) is 0 Å². The van der Waals surface area contributed by atoms with E-state index in [1.165, 1.54) is 69.8 Å². The van der Waals surface area contributed by atoms with Crippen molar-refractivity contribution in [2.75, 3.05) is 13.7 Å². The first-order chi connectivity index (χ1) is 16.3. The minimum atomic E-state index is -0.283. The Kier molecular flexibility index (Phi) is 6.96. The molecule has 0 radical (unpaired) electrons. The van der Waals surface area contributed by atoms with Gasteiger partial charge in [-0.15, -0.1) is 0 Å². The Bertz CT molecular complexity index is 836. The average Bonchev–Trinajstić information content (AvgIpc) is 3.43. The lowest BCUT2D eigenvalue weighted by Gasteiger charge is -2.61. The average molecular weight is 471 g/mol. The smallest absolute Gasteiger partial charge is 0.0769 e. The van der Waals surface area contributed by atoms with Crippen molar-refractivity contribution in [2.24, 2.45) is 46.3 Å². The molecule has 1 aromatic rings. The summed E-state index contributed by atoms with van der Waals surface area (Å²) in [6.07, 6.45) is 17.5. The van der Waals surface area contributed by atoms with Gasteiger partial charge in [-0.25, -0.2) is 0 Å². The maximum atomic E-state index is 11.4. The van der Waals surface area contributed by atoms with E-state index < -0.39 is 0 Å². The second-order valence-electron chi connectivity index (χ2n) is 13.3. The van der Waals surface area contributed by atoms with E-state index >= 15 is 0 Å². The van der Waals surface area contributed by atoms with Crippen molar-refractivity contribution in [3.8, 4) is 0 Å². The molecule has 4 nitrogen and oxygen atoms in total. The van der Waals surface area contributed by atoms with E-state index in [-0.39, 0.29) is 6.10 Å². The topological polar surface area (TPSA) is 47.3 Å². The van der Waals surface area contributed by atoms with Crippen LogP contribution in [-0.2, 0) is 11.3 Å². The predicted molar refractivity (Wildman–Crippen MR) is 138 cm³/mol. The van der Waals surface area contributed by atoms with Gasteiger partial charge in [0.15, 0.2) is 0 Å². The van der Waals surface area contributed by atoms with Crippen molar-refractivity contribution in [1.29, 1.82) is 0 Å². The number of nitrogens with zero attached hydrogens (tertiary/aromatic N) is 2. The lowest BCUT2D eigenvalue weighted by molar-refractivity contribution is -0.124. The van der Waals surface area contributed by atoms with Gasteiger partial charge in [-0.2, -0.15) is 5.10 Å². The fourth-order valence-corrected chi connectivity index (χ4v) is 9.92. The minimum Gasteiger partial charge on any atom is -0.391 e. The van der Waals surface area contributed by atoms with Crippen LogP contribution < -0.4 is 0 Å². The molecule has 4 saturated carbocycles. The third kappa shape index (κ3) is 4.09. The summed E-state index contributed by atoms with van der Waals surface area (Å²) in [5.41, 5.74) is 2.14. The summed E-state index contributed by atoms with van der Waals surface area (Å²) in [7, 11) is 1.88.